The van der Waals surface area contributed by atoms with Crippen molar-refractivity contribution in [1.82, 2.24) is 10.2 Å². The molecule has 1 saturated heterocycles. The molecule has 0 aromatic heterocycles. The van der Waals surface area contributed by atoms with E-state index in [-0.39, 0.29) is 11.4 Å². The second kappa shape index (κ2) is 9.38. The van der Waals surface area contributed by atoms with E-state index in [4.69, 9.17) is 9.47 Å². The van der Waals surface area contributed by atoms with E-state index in [9.17, 15) is 4.79 Å². The predicted octanol–water partition coefficient (Wildman–Crippen LogP) is 2.78. The summed E-state index contributed by atoms with van der Waals surface area (Å²) in [5.41, 5.74) is 1.14. The Kier molecular flexibility index (Phi) is 6.92. The first-order chi connectivity index (χ1) is 12.7. The number of amides is 1. The van der Waals surface area contributed by atoms with Crippen molar-refractivity contribution < 1.29 is 14.3 Å². The van der Waals surface area contributed by atoms with Gasteiger partial charge in [-0.2, -0.15) is 0 Å². The van der Waals surface area contributed by atoms with E-state index in [0.29, 0.717) is 13.0 Å². The molecule has 1 aliphatic carbocycles. The second-order valence-electron chi connectivity index (χ2n) is 7.41. The smallest absolute Gasteiger partial charge is 0.224 e. The molecule has 2 fully saturated rings. The number of carbonyl (C=O) groups is 1. The van der Waals surface area contributed by atoms with Crippen LogP contribution in [0.15, 0.2) is 24.3 Å². The highest BCUT2D eigenvalue weighted by Crippen LogP contribution is 2.33. The molecule has 26 heavy (non-hydrogen) atoms. The first-order valence-corrected chi connectivity index (χ1v) is 10.0. The number of nitrogens with one attached hydrogen (secondary N) is 1. The van der Waals surface area contributed by atoms with Crippen molar-refractivity contribution in [1.29, 1.82) is 0 Å². The Bertz CT molecular complexity index is 561. The summed E-state index contributed by atoms with van der Waals surface area (Å²) in [7, 11) is 0. The van der Waals surface area contributed by atoms with Gasteiger partial charge in [-0.15, -0.1) is 0 Å². The van der Waals surface area contributed by atoms with Crippen molar-refractivity contribution in [2.45, 2.75) is 51.0 Å². The van der Waals surface area contributed by atoms with Gasteiger partial charge < -0.3 is 14.8 Å². The lowest BCUT2D eigenvalue weighted by Gasteiger charge is -2.48. The summed E-state index contributed by atoms with van der Waals surface area (Å²) >= 11 is 0. The zero-order valence-electron chi connectivity index (χ0n) is 16.0. The lowest BCUT2D eigenvalue weighted by molar-refractivity contribution is -0.121. The van der Waals surface area contributed by atoms with Gasteiger partial charge in [0.1, 0.15) is 5.75 Å². The van der Waals surface area contributed by atoms with Gasteiger partial charge in [-0.1, -0.05) is 31.4 Å². The first-order valence-electron chi connectivity index (χ1n) is 10.0. The normalized spacial score (nSPS) is 20.5. The summed E-state index contributed by atoms with van der Waals surface area (Å²) in [5, 5.41) is 3.23. The molecular weight excluding hydrogens is 328 g/mol. The monoisotopic (exact) mass is 360 g/mol. The van der Waals surface area contributed by atoms with Crippen molar-refractivity contribution in [3.63, 3.8) is 0 Å². The Morgan fingerprint density at radius 3 is 2.50 bits per heavy atom. The van der Waals surface area contributed by atoms with Crippen molar-refractivity contribution in [3.8, 4) is 5.75 Å². The van der Waals surface area contributed by atoms with Gasteiger partial charge in [0, 0.05) is 25.2 Å². The van der Waals surface area contributed by atoms with Crippen LogP contribution in [0.4, 0.5) is 0 Å². The van der Waals surface area contributed by atoms with Crippen LogP contribution in [0.1, 0.15) is 44.6 Å². The van der Waals surface area contributed by atoms with E-state index in [1.54, 1.807) is 0 Å². The average Bonchev–Trinajstić information content (AvgIpc) is 2.70. The van der Waals surface area contributed by atoms with Crippen LogP contribution in [0.3, 0.4) is 0 Å². The summed E-state index contributed by atoms with van der Waals surface area (Å²) in [6.45, 7) is 6.95. The van der Waals surface area contributed by atoms with Gasteiger partial charge in [-0.05, 0) is 37.5 Å². The van der Waals surface area contributed by atoms with Crippen molar-refractivity contribution in [3.05, 3.63) is 29.8 Å². The molecule has 1 aromatic rings. The zero-order valence-corrected chi connectivity index (χ0v) is 16.0. The number of nitrogens with zero attached hydrogens (tertiary/aromatic N) is 1. The fraction of sp³-hybridized carbons (Fsp3) is 0.667. The summed E-state index contributed by atoms with van der Waals surface area (Å²) in [4.78, 5) is 15.1. The van der Waals surface area contributed by atoms with Crippen LogP contribution in [0, 0.1) is 0 Å². The van der Waals surface area contributed by atoms with Gasteiger partial charge >= 0.3 is 0 Å². The third kappa shape index (κ3) is 4.98. The van der Waals surface area contributed by atoms with Crippen LogP contribution in [-0.4, -0.2) is 55.8 Å². The standard InChI is InChI=1S/C21H32N2O3/c1-2-26-19-8-6-18(7-9-19)16-20(24)22-17-21(10-4-3-5-11-21)23-12-14-25-15-13-23/h6-9H,2-5,10-17H2,1H3,(H,22,24). The highest BCUT2D eigenvalue weighted by Gasteiger charge is 2.38. The molecule has 1 aliphatic heterocycles. The molecule has 0 atom stereocenters. The van der Waals surface area contributed by atoms with Gasteiger partial charge in [0.25, 0.3) is 0 Å². The molecule has 1 aromatic carbocycles. The Hall–Kier alpha value is -1.59. The minimum absolute atomic E-state index is 0.104. The summed E-state index contributed by atoms with van der Waals surface area (Å²) in [5.74, 6) is 0.956. The molecule has 1 amide bonds. The molecule has 5 nitrogen and oxygen atoms in total. The van der Waals surface area contributed by atoms with E-state index in [0.717, 1.165) is 44.2 Å². The second-order valence-corrected chi connectivity index (χ2v) is 7.41. The molecular formula is C21H32N2O3. The maximum atomic E-state index is 12.5. The van der Waals surface area contributed by atoms with Crippen LogP contribution in [0.2, 0.25) is 0 Å². The molecule has 144 valence electrons. The van der Waals surface area contributed by atoms with Crippen LogP contribution < -0.4 is 10.1 Å². The Morgan fingerprint density at radius 1 is 1.15 bits per heavy atom. The number of hydrogen-bond acceptors (Lipinski definition) is 4. The number of benzene rings is 1. The summed E-state index contributed by atoms with van der Waals surface area (Å²) in [6, 6.07) is 7.82. The third-order valence-electron chi connectivity index (χ3n) is 5.68. The van der Waals surface area contributed by atoms with Gasteiger partial charge in [0.05, 0.1) is 26.2 Å². The molecule has 1 heterocycles. The first kappa shape index (κ1) is 19.2. The highest BCUT2D eigenvalue weighted by molar-refractivity contribution is 5.78. The Balaban J connectivity index is 1.55. The van der Waals surface area contributed by atoms with Gasteiger partial charge in [0.15, 0.2) is 0 Å². The highest BCUT2D eigenvalue weighted by atomic mass is 16.5. The van der Waals surface area contributed by atoms with E-state index in [1.165, 1.54) is 32.1 Å². The molecule has 1 saturated carbocycles. The molecule has 3 rings (SSSR count). The maximum Gasteiger partial charge on any atom is 0.224 e. The minimum atomic E-state index is 0.104. The van der Waals surface area contributed by atoms with Crippen LogP contribution >= 0.6 is 0 Å². The SMILES string of the molecule is CCOc1ccc(CC(=O)NCC2(N3CCOCC3)CCCCC2)cc1. The minimum Gasteiger partial charge on any atom is -0.494 e. The fourth-order valence-corrected chi connectivity index (χ4v) is 4.23. The van der Waals surface area contributed by atoms with Crippen molar-refractivity contribution >= 4 is 5.91 Å². The predicted molar refractivity (Wildman–Crippen MR) is 103 cm³/mol. The van der Waals surface area contributed by atoms with Crippen LogP contribution in [-0.2, 0) is 16.0 Å². The molecule has 1 N–H and O–H groups in total. The van der Waals surface area contributed by atoms with Gasteiger partial charge in [-0.25, -0.2) is 0 Å². The van der Waals surface area contributed by atoms with E-state index in [1.807, 2.05) is 31.2 Å². The Morgan fingerprint density at radius 2 is 1.85 bits per heavy atom. The molecule has 2 aliphatic rings. The number of morpholine rings is 1. The maximum absolute atomic E-state index is 12.5. The lowest BCUT2D eigenvalue weighted by atomic mass is 9.79. The zero-order chi connectivity index (χ0) is 18.2. The van der Waals surface area contributed by atoms with E-state index in [2.05, 4.69) is 10.2 Å². The average molecular weight is 360 g/mol. The van der Waals surface area contributed by atoms with Gasteiger partial charge in [0.2, 0.25) is 5.91 Å². The summed E-state index contributed by atoms with van der Waals surface area (Å²) < 4.78 is 11.0. The largest absolute Gasteiger partial charge is 0.494 e. The number of hydrogen-bond donors (Lipinski definition) is 1. The van der Waals surface area contributed by atoms with Crippen LogP contribution in [0.25, 0.3) is 0 Å². The third-order valence-corrected chi connectivity index (χ3v) is 5.68. The molecule has 0 radical (unpaired) electrons. The fourth-order valence-electron chi connectivity index (χ4n) is 4.23. The summed E-state index contributed by atoms with van der Waals surface area (Å²) in [6.07, 6.45) is 6.60. The molecule has 0 unspecified atom stereocenters. The van der Waals surface area contributed by atoms with E-state index >= 15 is 0 Å². The van der Waals surface area contributed by atoms with Gasteiger partial charge in [-0.3, -0.25) is 9.69 Å². The number of rotatable bonds is 7. The molecule has 0 bridgehead atoms. The Labute approximate surface area is 157 Å². The van der Waals surface area contributed by atoms with Crippen molar-refractivity contribution in [2.24, 2.45) is 0 Å². The molecule has 5 heteroatoms. The quantitative estimate of drug-likeness (QED) is 0.812. The number of carbonyl (C=O) groups excluding carboxylic acids is 1. The molecule has 0 spiro atoms. The van der Waals surface area contributed by atoms with E-state index < -0.39 is 0 Å². The number of ether oxygens (including phenoxy) is 2. The van der Waals surface area contributed by atoms with Crippen molar-refractivity contribution in [2.75, 3.05) is 39.5 Å². The lowest BCUT2D eigenvalue weighted by Crippen LogP contribution is -2.59. The topological polar surface area (TPSA) is 50.8 Å². The van der Waals surface area contributed by atoms with Crippen LogP contribution in [0.5, 0.6) is 5.75 Å².